The van der Waals surface area contributed by atoms with E-state index in [1.807, 2.05) is 4.90 Å². The highest BCUT2D eigenvalue weighted by Crippen LogP contribution is 2.43. The lowest BCUT2D eigenvalue weighted by Gasteiger charge is -2.41. The maximum atomic E-state index is 12.4. The van der Waals surface area contributed by atoms with Gasteiger partial charge in [-0.05, 0) is 38.0 Å². The van der Waals surface area contributed by atoms with Crippen molar-refractivity contribution in [1.29, 1.82) is 0 Å². The van der Waals surface area contributed by atoms with Crippen molar-refractivity contribution < 1.29 is 14.7 Å². The van der Waals surface area contributed by atoms with E-state index in [2.05, 4.69) is 26.1 Å². The molecule has 1 rings (SSSR count). The number of hydrogen-bond acceptors (Lipinski definition) is 2. The van der Waals surface area contributed by atoms with Gasteiger partial charge in [0.2, 0.25) is 0 Å². The molecule has 0 radical (unpaired) electrons. The summed E-state index contributed by atoms with van der Waals surface area (Å²) >= 11 is 0. The molecule has 0 aromatic rings. The van der Waals surface area contributed by atoms with E-state index < -0.39 is 5.97 Å². The van der Waals surface area contributed by atoms with E-state index in [4.69, 9.17) is 5.11 Å². The van der Waals surface area contributed by atoms with Gasteiger partial charge in [-0.2, -0.15) is 0 Å². The maximum Gasteiger partial charge on any atom is 0.317 e. The van der Waals surface area contributed by atoms with Gasteiger partial charge in [0.1, 0.15) is 0 Å². The summed E-state index contributed by atoms with van der Waals surface area (Å²) in [5.41, 5.74) is -0.215. The lowest BCUT2D eigenvalue weighted by Crippen LogP contribution is -2.50. The molecule has 5 nitrogen and oxygen atoms in total. The van der Waals surface area contributed by atoms with Gasteiger partial charge in [0, 0.05) is 19.1 Å². The highest BCUT2D eigenvalue weighted by Gasteiger charge is 2.39. The summed E-state index contributed by atoms with van der Waals surface area (Å²) < 4.78 is 0. The average Bonchev–Trinajstić information content (AvgIpc) is 2.41. The van der Waals surface area contributed by atoms with Crippen LogP contribution in [0.4, 0.5) is 4.79 Å². The Balaban J connectivity index is 2.53. The molecular weight excluding hydrogens is 268 g/mol. The first-order valence-corrected chi connectivity index (χ1v) is 8.20. The first-order valence-electron chi connectivity index (χ1n) is 8.20. The molecule has 1 saturated carbocycles. The smallest absolute Gasteiger partial charge is 0.317 e. The topological polar surface area (TPSA) is 69.6 Å². The number of unbranched alkanes of at least 4 members (excludes halogenated alkanes) is 1. The number of carboxylic acids is 1. The van der Waals surface area contributed by atoms with Crippen LogP contribution >= 0.6 is 0 Å². The Hall–Kier alpha value is -1.26. The fourth-order valence-electron chi connectivity index (χ4n) is 2.85. The van der Waals surface area contributed by atoms with Crippen LogP contribution in [0, 0.1) is 5.41 Å². The van der Waals surface area contributed by atoms with Crippen molar-refractivity contribution in [3.05, 3.63) is 0 Å². The Labute approximate surface area is 128 Å². The van der Waals surface area contributed by atoms with Gasteiger partial charge >= 0.3 is 12.0 Å². The number of aliphatic carboxylic acids is 1. The van der Waals surface area contributed by atoms with Gasteiger partial charge in [0.25, 0.3) is 0 Å². The second-order valence-corrected chi connectivity index (χ2v) is 6.39. The predicted molar refractivity (Wildman–Crippen MR) is 83.3 cm³/mol. The van der Waals surface area contributed by atoms with Crippen LogP contribution in [-0.4, -0.2) is 41.1 Å². The molecule has 1 aliphatic rings. The number of nitrogens with zero attached hydrogens (tertiary/aromatic N) is 1. The number of carbonyl (C=O) groups excluding carboxylic acids is 1. The van der Waals surface area contributed by atoms with Crippen LogP contribution in [0.2, 0.25) is 0 Å². The van der Waals surface area contributed by atoms with E-state index >= 15 is 0 Å². The maximum absolute atomic E-state index is 12.4. The molecule has 0 aromatic carbocycles. The van der Waals surface area contributed by atoms with Crippen molar-refractivity contribution in [1.82, 2.24) is 10.2 Å². The third-order valence-corrected chi connectivity index (χ3v) is 4.69. The Bertz CT molecular complexity index is 353. The van der Waals surface area contributed by atoms with Crippen molar-refractivity contribution in [3.63, 3.8) is 0 Å². The first kappa shape index (κ1) is 17.8. The Morgan fingerprint density at radius 3 is 2.43 bits per heavy atom. The Morgan fingerprint density at radius 1 is 1.33 bits per heavy atom. The second kappa shape index (κ2) is 8.25. The van der Waals surface area contributed by atoms with Crippen molar-refractivity contribution >= 4 is 12.0 Å². The SMILES string of the molecule is CCCCN(C(=O)NCC1(CC(=O)O)CCC1)C(C)CC. The predicted octanol–water partition coefficient (Wildman–Crippen LogP) is 3.24. The van der Waals surface area contributed by atoms with Crippen molar-refractivity contribution in [2.24, 2.45) is 5.41 Å². The van der Waals surface area contributed by atoms with Crippen LogP contribution in [0.15, 0.2) is 0 Å². The third-order valence-electron chi connectivity index (χ3n) is 4.69. The zero-order valence-corrected chi connectivity index (χ0v) is 13.7. The summed E-state index contributed by atoms with van der Waals surface area (Å²) in [6, 6.07) is 0.169. The van der Waals surface area contributed by atoms with E-state index in [-0.39, 0.29) is 23.9 Å². The van der Waals surface area contributed by atoms with E-state index in [1.165, 1.54) is 0 Å². The highest BCUT2D eigenvalue weighted by atomic mass is 16.4. The highest BCUT2D eigenvalue weighted by molar-refractivity contribution is 5.75. The summed E-state index contributed by atoms with van der Waals surface area (Å²) in [7, 11) is 0. The van der Waals surface area contributed by atoms with Gasteiger partial charge in [-0.25, -0.2) is 4.79 Å². The van der Waals surface area contributed by atoms with Crippen LogP contribution in [0.5, 0.6) is 0 Å². The first-order chi connectivity index (χ1) is 9.94. The molecular formula is C16H30N2O3. The molecule has 0 heterocycles. The van der Waals surface area contributed by atoms with Gasteiger partial charge in [0.05, 0.1) is 6.42 Å². The number of urea groups is 1. The van der Waals surface area contributed by atoms with Crippen LogP contribution in [0.25, 0.3) is 0 Å². The fraction of sp³-hybridized carbons (Fsp3) is 0.875. The summed E-state index contributed by atoms with van der Waals surface area (Å²) in [5.74, 6) is -0.770. The quantitative estimate of drug-likeness (QED) is 0.686. The largest absolute Gasteiger partial charge is 0.481 e. The molecule has 21 heavy (non-hydrogen) atoms. The zero-order chi connectivity index (χ0) is 15.9. The Kier molecular flexibility index (Phi) is 6.99. The summed E-state index contributed by atoms with van der Waals surface area (Å²) in [5, 5.41) is 12.0. The molecule has 122 valence electrons. The summed E-state index contributed by atoms with van der Waals surface area (Å²) in [6.45, 7) is 7.50. The Morgan fingerprint density at radius 2 is 2.00 bits per heavy atom. The molecule has 5 heteroatoms. The van der Waals surface area contributed by atoms with E-state index in [0.717, 1.165) is 45.1 Å². The second-order valence-electron chi connectivity index (χ2n) is 6.39. The van der Waals surface area contributed by atoms with E-state index in [9.17, 15) is 9.59 Å². The molecule has 0 spiro atoms. The van der Waals surface area contributed by atoms with Crippen LogP contribution in [0.3, 0.4) is 0 Å². The van der Waals surface area contributed by atoms with Crippen molar-refractivity contribution in [3.8, 4) is 0 Å². The fourth-order valence-corrected chi connectivity index (χ4v) is 2.85. The molecule has 2 amide bonds. The number of amides is 2. The van der Waals surface area contributed by atoms with E-state index in [0.29, 0.717) is 6.54 Å². The van der Waals surface area contributed by atoms with Crippen molar-refractivity contribution in [2.45, 2.75) is 71.8 Å². The molecule has 0 bridgehead atoms. The average molecular weight is 298 g/mol. The minimum Gasteiger partial charge on any atom is -0.481 e. The number of rotatable bonds is 9. The number of carbonyl (C=O) groups is 2. The van der Waals surface area contributed by atoms with Gasteiger partial charge in [-0.15, -0.1) is 0 Å². The molecule has 2 N–H and O–H groups in total. The lowest BCUT2D eigenvalue weighted by molar-refractivity contribution is -0.141. The summed E-state index contributed by atoms with van der Waals surface area (Å²) in [4.78, 5) is 25.2. The van der Waals surface area contributed by atoms with Gasteiger partial charge in [-0.3, -0.25) is 4.79 Å². The van der Waals surface area contributed by atoms with E-state index in [1.54, 1.807) is 0 Å². The van der Waals surface area contributed by atoms with Gasteiger partial charge in [0.15, 0.2) is 0 Å². The molecule has 0 aliphatic heterocycles. The zero-order valence-electron chi connectivity index (χ0n) is 13.7. The number of nitrogens with one attached hydrogen (secondary N) is 1. The standard InChI is InChI=1S/C16H30N2O3/c1-4-6-10-18(13(3)5-2)15(21)17-12-16(8-7-9-16)11-14(19)20/h13H,4-12H2,1-3H3,(H,17,21)(H,19,20). The van der Waals surface area contributed by atoms with Crippen LogP contribution in [0.1, 0.15) is 65.7 Å². The normalized spacial score (nSPS) is 17.7. The molecule has 1 unspecified atom stereocenters. The monoisotopic (exact) mass is 298 g/mol. The lowest BCUT2D eigenvalue weighted by atomic mass is 9.66. The molecule has 0 saturated heterocycles. The molecule has 0 aromatic heterocycles. The number of carboxylic acid groups (broad SMARTS) is 1. The molecule has 1 fully saturated rings. The van der Waals surface area contributed by atoms with Gasteiger partial charge < -0.3 is 15.3 Å². The van der Waals surface area contributed by atoms with Crippen LogP contribution in [-0.2, 0) is 4.79 Å². The minimum atomic E-state index is -0.770. The minimum absolute atomic E-state index is 0.0468. The van der Waals surface area contributed by atoms with Crippen LogP contribution < -0.4 is 5.32 Å². The molecule has 1 atom stereocenters. The van der Waals surface area contributed by atoms with Crippen molar-refractivity contribution in [2.75, 3.05) is 13.1 Å². The molecule has 1 aliphatic carbocycles. The van der Waals surface area contributed by atoms with Gasteiger partial charge in [-0.1, -0.05) is 26.7 Å². The third kappa shape index (κ3) is 5.21. The number of hydrogen-bond donors (Lipinski definition) is 2. The summed E-state index contributed by atoms with van der Waals surface area (Å²) in [6.07, 6.45) is 6.01.